The van der Waals surface area contributed by atoms with Crippen LogP contribution in [0.5, 0.6) is 0 Å². The van der Waals surface area contributed by atoms with E-state index >= 15 is 4.79 Å². The molecule has 0 aromatic carbocycles. The van der Waals surface area contributed by atoms with Gasteiger partial charge in [0.15, 0.2) is 0 Å². The van der Waals surface area contributed by atoms with E-state index in [2.05, 4.69) is 83.1 Å². The van der Waals surface area contributed by atoms with E-state index < -0.39 is 0 Å². The van der Waals surface area contributed by atoms with E-state index in [0.717, 1.165) is 19.3 Å². The Morgan fingerprint density at radius 2 is 0.344 bits per heavy atom. The smallest absolute Gasteiger partial charge is 0.312 e. The molecule has 0 rings (SSSR count). The summed E-state index contributed by atoms with van der Waals surface area (Å²) < 4.78 is 6.48. The molecular weight excluding hydrogens is 1090 g/mol. The van der Waals surface area contributed by atoms with Gasteiger partial charge in [0, 0.05) is 0 Å². The van der Waals surface area contributed by atoms with Gasteiger partial charge in [-0.3, -0.25) is 4.79 Å². The lowest BCUT2D eigenvalue weighted by Crippen LogP contribution is -2.61. The van der Waals surface area contributed by atoms with Gasteiger partial charge in [-0.1, -0.05) is 436 Å². The number of ether oxygens (including phenoxy) is 1. The van der Waals surface area contributed by atoms with Crippen molar-refractivity contribution in [1.29, 1.82) is 0 Å². The van der Waals surface area contributed by atoms with Crippen LogP contribution in [0.1, 0.15) is 526 Å². The largest absolute Gasteiger partial charge is 0.466 e. The lowest BCUT2D eigenvalue weighted by molar-refractivity contribution is -0.206. The van der Waals surface area contributed by atoms with E-state index in [0.29, 0.717) is 12.0 Å². The molecule has 0 unspecified atom stereocenters. The van der Waals surface area contributed by atoms with Gasteiger partial charge in [-0.15, -0.1) is 0 Å². The van der Waals surface area contributed by atoms with Crippen LogP contribution in [0.4, 0.5) is 0 Å². The third-order valence-electron chi connectivity index (χ3n) is 24.1. The van der Waals surface area contributed by atoms with Gasteiger partial charge in [0.2, 0.25) is 0 Å². The first-order chi connectivity index (χ1) is 44.1. The minimum Gasteiger partial charge on any atom is -0.466 e. The summed E-state index contributed by atoms with van der Waals surface area (Å²) in [7, 11) is 0. The van der Waals surface area contributed by atoms with Crippen LogP contribution < -0.4 is 0 Å². The number of carbonyl (C=O) groups excluding carboxylic acids is 1. The zero-order valence-electron chi connectivity index (χ0n) is 65.3. The maximum Gasteiger partial charge on any atom is 0.312 e. The lowest BCUT2D eigenvalue weighted by atomic mass is 9.35. The predicted molar refractivity (Wildman–Crippen MR) is 410 cm³/mol. The predicted octanol–water partition coefficient (Wildman–Crippen LogP) is 32.6. The van der Waals surface area contributed by atoms with Gasteiger partial charge >= 0.3 is 5.97 Å². The van der Waals surface area contributed by atoms with Gasteiger partial charge in [0.05, 0.1) is 12.0 Å². The summed E-state index contributed by atoms with van der Waals surface area (Å²) in [6.45, 7) is 29.5. The summed E-state index contributed by atoms with van der Waals surface area (Å²) in [5, 5.41) is 0. The molecule has 90 heavy (non-hydrogen) atoms. The Kier molecular flexibility index (Phi) is 62.9. The Morgan fingerprint density at radius 1 is 0.189 bits per heavy atom. The minimum absolute atomic E-state index is 0.195. The molecule has 0 spiro atoms. The zero-order chi connectivity index (χ0) is 66.3. The first kappa shape index (κ1) is 89.5. The Hall–Kier alpha value is -0.530. The molecule has 0 saturated heterocycles. The Labute approximate surface area is 572 Å². The number of hydrogen-bond donors (Lipinski definition) is 0. The average molecular weight is 1270 g/mol. The second-order valence-electron chi connectivity index (χ2n) is 31.4. The fourth-order valence-electron chi connectivity index (χ4n) is 18.8. The van der Waals surface area contributed by atoms with Crippen molar-refractivity contribution in [3.63, 3.8) is 0 Å². The quantitative estimate of drug-likeness (QED) is 0.0448. The summed E-state index contributed by atoms with van der Waals surface area (Å²) in [5.74, 6) is 0.195. The van der Waals surface area contributed by atoms with Crippen LogP contribution in [0.25, 0.3) is 0 Å². The van der Waals surface area contributed by atoms with Crippen molar-refractivity contribution >= 4 is 5.97 Å². The second kappa shape index (κ2) is 63.2. The summed E-state index contributed by atoms with van der Waals surface area (Å²) in [6, 6.07) is 0. The number of hydrogen-bond acceptors (Lipinski definition) is 2. The minimum atomic E-state index is -0.361. The molecule has 0 heterocycles. The molecule has 2 heteroatoms. The maximum absolute atomic E-state index is 15.4. The van der Waals surface area contributed by atoms with E-state index in [1.54, 1.807) is 0 Å². The highest BCUT2D eigenvalue weighted by Gasteiger charge is 2.66. The fraction of sp³-hybridized carbons (Fsp3) is 0.989. The van der Waals surface area contributed by atoms with Gasteiger partial charge in [-0.2, -0.15) is 0 Å². The van der Waals surface area contributed by atoms with Gasteiger partial charge in [0.1, 0.15) is 0 Å². The zero-order valence-corrected chi connectivity index (χ0v) is 65.3. The molecule has 0 N–H and O–H groups in total. The highest BCUT2D eigenvalue weighted by atomic mass is 16.5. The highest BCUT2D eigenvalue weighted by molar-refractivity contribution is 5.76. The van der Waals surface area contributed by atoms with Crippen molar-refractivity contribution in [2.45, 2.75) is 526 Å². The summed E-state index contributed by atoms with van der Waals surface area (Å²) in [6.07, 6.45) is 95.1. The average Bonchev–Trinajstić information content (AvgIpc) is 0.707. The van der Waals surface area contributed by atoms with E-state index in [1.807, 2.05) is 0 Å². The third-order valence-corrected chi connectivity index (χ3v) is 24.1. The van der Waals surface area contributed by atoms with Crippen molar-refractivity contribution in [2.75, 3.05) is 6.61 Å². The normalized spacial score (nSPS) is 12.7. The Balaban J connectivity index is 10.2. The van der Waals surface area contributed by atoms with Crippen molar-refractivity contribution in [1.82, 2.24) is 0 Å². The number of unbranched alkanes of at least 4 members (excludes halogenated alkanes) is 44. The molecule has 0 amide bonds. The standard InChI is InChI=1S/C88H176O2/c1-13-25-36-47-58-70-84(83(89)90-24-12,71-59-48-37-26-14-2)72-69-78-86(76-63-52-41-30-18-6,77-64-53-42-31-19-7)88(81-67-56-45-34-22-10,82-68-57-46-35-23-11)87(79-65-54-43-32-20-8,80-66-55-44-33-21-9)85(73-60-49-38-27-15-3,74-61-50-39-28-16-4)75-62-51-40-29-17-5/h13-82H2,1-12H3. The first-order valence-corrected chi connectivity index (χ1v) is 43.3. The molecule has 0 fully saturated rings. The molecule has 0 aromatic rings. The number of rotatable bonds is 75. The molecule has 0 aliphatic rings. The van der Waals surface area contributed by atoms with E-state index in [9.17, 15) is 0 Å². The molecule has 2 nitrogen and oxygen atoms in total. The number of carbonyl (C=O) groups is 1. The third kappa shape index (κ3) is 37.8. The monoisotopic (exact) mass is 1270 g/mol. The molecule has 0 saturated carbocycles. The molecule has 0 aliphatic heterocycles. The fourth-order valence-corrected chi connectivity index (χ4v) is 18.8. The van der Waals surface area contributed by atoms with Crippen LogP contribution in [0.15, 0.2) is 0 Å². The van der Waals surface area contributed by atoms with Gasteiger partial charge in [-0.05, 0) is 112 Å². The highest BCUT2D eigenvalue weighted by Crippen LogP contribution is 2.75. The van der Waals surface area contributed by atoms with Crippen LogP contribution in [-0.4, -0.2) is 12.6 Å². The molecule has 0 aromatic heterocycles. The van der Waals surface area contributed by atoms with Gasteiger partial charge in [-0.25, -0.2) is 0 Å². The van der Waals surface area contributed by atoms with E-state index in [-0.39, 0.29) is 27.6 Å². The molecule has 0 aliphatic carbocycles. The lowest BCUT2D eigenvalue weighted by Gasteiger charge is -2.70. The summed E-state index contributed by atoms with van der Waals surface area (Å²) in [5.41, 5.74) is 0.778. The maximum atomic E-state index is 15.4. The van der Waals surface area contributed by atoms with Crippen LogP contribution >= 0.6 is 0 Å². The first-order valence-electron chi connectivity index (χ1n) is 43.3. The van der Waals surface area contributed by atoms with Crippen LogP contribution in [0, 0.1) is 27.1 Å². The SMILES string of the molecule is CCCCCCCC(CCCCCCC)(CCCC(CCCCCCC)(CCCCCCC)C(CCCCCCC)(CCCCCCC)C(CCCCCCC)(CCCCCCC)C(CCCCCCC)(CCCCCCC)CCCCCCC)C(=O)OCC. The number of esters is 1. The van der Waals surface area contributed by atoms with Crippen molar-refractivity contribution in [3.05, 3.63) is 0 Å². The van der Waals surface area contributed by atoms with Gasteiger partial charge in [0.25, 0.3) is 0 Å². The topological polar surface area (TPSA) is 26.3 Å². The second-order valence-corrected chi connectivity index (χ2v) is 31.4. The van der Waals surface area contributed by atoms with Crippen molar-refractivity contribution < 1.29 is 9.53 Å². The van der Waals surface area contributed by atoms with E-state index in [1.165, 1.54) is 424 Å². The molecule has 0 radical (unpaired) electrons. The molecule has 540 valence electrons. The van der Waals surface area contributed by atoms with Crippen LogP contribution in [-0.2, 0) is 9.53 Å². The molecular formula is C88H176O2. The molecule has 0 atom stereocenters. The van der Waals surface area contributed by atoms with Crippen LogP contribution in [0.2, 0.25) is 0 Å². The van der Waals surface area contributed by atoms with Crippen LogP contribution in [0.3, 0.4) is 0 Å². The Bertz CT molecular complexity index is 1350. The molecule has 0 bridgehead atoms. The summed E-state index contributed by atoms with van der Waals surface area (Å²) in [4.78, 5) is 15.4. The van der Waals surface area contributed by atoms with Gasteiger partial charge < -0.3 is 4.74 Å². The Morgan fingerprint density at radius 3 is 0.533 bits per heavy atom. The van der Waals surface area contributed by atoms with E-state index in [4.69, 9.17) is 4.74 Å². The summed E-state index contributed by atoms with van der Waals surface area (Å²) >= 11 is 0. The van der Waals surface area contributed by atoms with Crippen molar-refractivity contribution in [3.8, 4) is 0 Å². The van der Waals surface area contributed by atoms with Crippen molar-refractivity contribution in [2.24, 2.45) is 27.1 Å².